The molecule has 158 valence electrons. The van der Waals surface area contributed by atoms with E-state index in [0.717, 1.165) is 51.4 Å². The van der Waals surface area contributed by atoms with Crippen LogP contribution in [0, 0.1) is 0 Å². The molecule has 27 heavy (non-hydrogen) atoms. The Hall–Kier alpha value is 1.51. The van der Waals surface area contributed by atoms with Crippen LogP contribution in [0.4, 0.5) is 0 Å². The van der Waals surface area contributed by atoms with E-state index < -0.39 is 15.4 Å². The smallest absolute Gasteiger partial charge is 0.748 e. The van der Waals surface area contributed by atoms with Crippen molar-refractivity contribution in [3.05, 3.63) is 0 Å². The van der Waals surface area contributed by atoms with Crippen LogP contribution in [0.15, 0.2) is 0 Å². The van der Waals surface area contributed by atoms with Gasteiger partial charge in [-0.2, -0.15) is 0 Å². The Morgan fingerprint density at radius 3 is 1.37 bits per heavy atom. The van der Waals surface area contributed by atoms with Crippen LogP contribution in [0.1, 0.15) is 123 Å². The molecule has 0 radical (unpaired) electrons. The minimum Gasteiger partial charge on any atom is -0.748 e. The molecule has 1 N–H and O–H groups in total. The van der Waals surface area contributed by atoms with E-state index in [1.54, 1.807) is 0 Å². The molecule has 2 atom stereocenters. The van der Waals surface area contributed by atoms with Crippen LogP contribution in [0.3, 0.4) is 0 Å². The van der Waals surface area contributed by atoms with E-state index >= 15 is 0 Å². The van der Waals surface area contributed by atoms with Crippen LogP contribution in [-0.4, -0.2) is 29.4 Å². The Balaban J connectivity index is 0. The van der Waals surface area contributed by atoms with Crippen molar-refractivity contribution in [2.24, 2.45) is 0 Å². The predicted molar refractivity (Wildman–Crippen MR) is 109 cm³/mol. The molecule has 0 saturated heterocycles. The standard InChI is InChI=1S/C21H44O4S.K/c1-3-4-14-18-21(26(23,24)25)19-16-13-11-9-7-5-6-8-10-12-15-17-20(2)22;/h20-22H,3-19H2,1-2H3,(H,23,24,25);/q;+1/p-1. The summed E-state index contributed by atoms with van der Waals surface area (Å²) >= 11 is 0. The molecular weight excluding hydrogens is 387 g/mol. The second-order valence-corrected chi connectivity index (χ2v) is 9.58. The van der Waals surface area contributed by atoms with Gasteiger partial charge in [0.25, 0.3) is 0 Å². The van der Waals surface area contributed by atoms with Crippen molar-refractivity contribution in [3.63, 3.8) is 0 Å². The second kappa shape index (κ2) is 20.8. The molecule has 0 heterocycles. The van der Waals surface area contributed by atoms with Gasteiger partial charge in [0.15, 0.2) is 0 Å². The Morgan fingerprint density at radius 2 is 1.04 bits per heavy atom. The van der Waals surface area contributed by atoms with E-state index in [2.05, 4.69) is 6.92 Å². The molecule has 0 spiro atoms. The molecule has 6 heteroatoms. The molecule has 0 aromatic heterocycles. The van der Waals surface area contributed by atoms with E-state index in [9.17, 15) is 18.1 Å². The summed E-state index contributed by atoms with van der Waals surface area (Å²) in [4.78, 5) is 0. The molecule has 0 aliphatic rings. The van der Waals surface area contributed by atoms with Crippen molar-refractivity contribution in [1.82, 2.24) is 0 Å². The third-order valence-corrected chi connectivity index (χ3v) is 6.47. The Morgan fingerprint density at radius 1 is 0.704 bits per heavy atom. The molecule has 0 fully saturated rings. The fraction of sp³-hybridized carbons (Fsp3) is 1.00. The molecule has 0 bridgehead atoms. The normalized spacial score (nSPS) is 13.9. The number of aliphatic hydroxyl groups is 1. The fourth-order valence-electron chi connectivity index (χ4n) is 3.46. The third kappa shape index (κ3) is 22.0. The molecule has 0 aromatic carbocycles. The van der Waals surface area contributed by atoms with Gasteiger partial charge < -0.3 is 9.66 Å². The molecule has 0 aliphatic carbocycles. The zero-order chi connectivity index (χ0) is 19.7. The van der Waals surface area contributed by atoms with Crippen LogP contribution in [-0.2, 0) is 10.1 Å². The molecule has 0 amide bonds. The number of unbranched alkanes of at least 4 members (excludes halogenated alkanes) is 12. The summed E-state index contributed by atoms with van der Waals surface area (Å²) in [5.74, 6) is 0. The van der Waals surface area contributed by atoms with Crippen LogP contribution < -0.4 is 51.4 Å². The zero-order valence-corrected chi connectivity index (χ0v) is 22.2. The summed E-state index contributed by atoms with van der Waals surface area (Å²) in [7, 11) is -4.13. The predicted octanol–water partition coefficient (Wildman–Crippen LogP) is 2.94. The number of hydrogen-bond donors (Lipinski definition) is 1. The van der Waals surface area contributed by atoms with Crippen LogP contribution in [0.2, 0.25) is 0 Å². The van der Waals surface area contributed by atoms with E-state index in [-0.39, 0.29) is 57.5 Å². The summed E-state index contributed by atoms with van der Waals surface area (Å²) < 4.78 is 34.0. The molecular formula is C21H43KO4S. The zero-order valence-electron chi connectivity index (χ0n) is 18.3. The van der Waals surface area contributed by atoms with Crippen molar-refractivity contribution < 1.29 is 69.5 Å². The maximum atomic E-state index is 11.3. The quantitative estimate of drug-likeness (QED) is 0.194. The maximum Gasteiger partial charge on any atom is 1.00 e. The molecule has 4 nitrogen and oxygen atoms in total. The first kappa shape index (κ1) is 30.7. The Bertz CT molecular complexity index is 399. The van der Waals surface area contributed by atoms with E-state index in [1.807, 2.05) is 6.92 Å². The van der Waals surface area contributed by atoms with Crippen LogP contribution in [0.5, 0.6) is 0 Å². The van der Waals surface area contributed by atoms with Crippen LogP contribution >= 0.6 is 0 Å². The first-order chi connectivity index (χ1) is 12.4. The van der Waals surface area contributed by atoms with Crippen molar-refractivity contribution in [2.75, 3.05) is 0 Å². The van der Waals surface area contributed by atoms with Gasteiger partial charge in [-0.1, -0.05) is 96.8 Å². The van der Waals surface area contributed by atoms with E-state index in [4.69, 9.17) is 0 Å². The molecule has 0 aromatic rings. The second-order valence-electron chi connectivity index (χ2n) is 7.93. The van der Waals surface area contributed by atoms with Gasteiger partial charge in [0.1, 0.15) is 0 Å². The van der Waals surface area contributed by atoms with E-state index in [1.165, 1.54) is 44.9 Å². The summed E-state index contributed by atoms with van der Waals surface area (Å²) in [5, 5.41) is 8.52. The molecule has 2 unspecified atom stereocenters. The average molecular weight is 431 g/mol. The Labute approximate surface area is 211 Å². The van der Waals surface area contributed by atoms with Gasteiger partial charge in [0.2, 0.25) is 0 Å². The van der Waals surface area contributed by atoms with Gasteiger partial charge in [0, 0.05) is 5.25 Å². The van der Waals surface area contributed by atoms with Crippen molar-refractivity contribution in [2.45, 2.75) is 134 Å². The fourth-order valence-corrected chi connectivity index (χ4v) is 4.37. The minimum atomic E-state index is -4.13. The SMILES string of the molecule is CCCCCC(CCCCCCCCCCCCCC(C)O)S(=O)(=O)[O-].[K+]. The van der Waals surface area contributed by atoms with Gasteiger partial charge in [-0.3, -0.25) is 0 Å². The largest absolute Gasteiger partial charge is 1.00 e. The monoisotopic (exact) mass is 430 g/mol. The van der Waals surface area contributed by atoms with Gasteiger partial charge in [-0.25, -0.2) is 8.42 Å². The summed E-state index contributed by atoms with van der Waals surface area (Å²) in [6.45, 7) is 3.94. The summed E-state index contributed by atoms with van der Waals surface area (Å²) in [5.41, 5.74) is 0. The maximum absolute atomic E-state index is 11.3. The first-order valence-corrected chi connectivity index (χ1v) is 12.5. The molecule has 0 rings (SSSR count). The minimum absolute atomic E-state index is 0. The van der Waals surface area contributed by atoms with Crippen molar-refractivity contribution in [1.29, 1.82) is 0 Å². The molecule has 0 aliphatic heterocycles. The first-order valence-electron chi connectivity index (χ1n) is 11.0. The van der Waals surface area contributed by atoms with Crippen LogP contribution in [0.25, 0.3) is 0 Å². The number of rotatable bonds is 19. The number of aliphatic hydroxyl groups excluding tert-OH is 1. The average Bonchev–Trinajstić information content (AvgIpc) is 2.56. The van der Waals surface area contributed by atoms with Gasteiger partial charge in [-0.05, 0) is 26.2 Å². The summed E-state index contributed by atoms with van der Waals surface area (Å²) in [6.07, 6.45) is 17.8. The van der Waals surface area contributed by atoms with Gasteiger partial charge in [-0.15, -0.1) is 0 Å². The molecule has 0 saturated carbocycles. The third-order valence-electron chi connectivity index (χ3n) is 5.19. The van der Waals surface area contributed by atoms with E-state index in [0.29, 0.717) is 12.8 Å². The topological polar surface area (TPSA) is 77.4 Å². The van der Waals surface area contributed by atoms with Gasteiger partial charge in [0.05, 0.1) is 16.2 Å². The van der Waals surface area contributed by atoms with Crippen molar-refractivity contribution >= 4 is 10.1 Å². The Kier molecular flexibility index (Phi) is 23.6. The summed E-state index contributed by atoms with van der Waals surface area (Å²) in [6, 6.07) is 0. The van der Waals surface area contributed by atoms with Crippen molar-refractivity contribution in [3.8, 4) is 0 Å². The number of hydrogen-bond acceptors (Lipinski definition) is 4. The van der Waals surface area contributed by atoms with Gasteiger partial charge >= 0.3 is 51.4 Å².